The van der Waals surface area contributed by atoms with Crippen LogP contribution >= 0.6 is 11.8 Å². The standard InChI is InChI=1S/C18H19N3O2S/c1-12-4-2-5-13-8-14(9-19)18(21-17(12)13)24-11-16(22)20-10-15-6-3-7-23-15/h2,4-5,8,15H,3,6-7,10-11H2,1H3,(H,20,22)/t15-/m1/s1. The second-order valence-electron chi connectivity index (χ2n) is 5.83. The molecule has 24 heavy (non-hydrogen) atoms. The van der Waals surface area contributed by atoms with Gasteiger partial charge in [-0.3, -0.25) is 4.79 Å². The first-order valence-electron chi connectivity index (χ1n) is 7.99. The highest BCUT2D eigenvalue weighted by molar-refractivity contribution is 8.00. The van der Waals surface area contributed by atoms with Crippen LogP contribution in [0.5, 0.6) is 0 Å². The quantitative estimate of drug-likeness (QED) is 0.847. The zero-order valence-corrected chi connectivity index (χ0v) is 14.4. The molecule has 124 valence electrons. The number of benzene rings is 1. The lowest BCUT2D eigenvalue weighted by Crippen LogP contribution is -2.32. The summed E-state index contributed by atoms with van der Waals surface area (Å²) in [6.07, 6.45) is 2.19. The minimum Gasteiger partial charge on any atom is -0.376 e. The van der Waals surface area contributed by atoms with Crippen molar-refractivity contribution >= 4 is 28.6 Å². The molecule has 1 N–H and O–H groups in total. The molecule has 0 unspecified atom stereocenters. The van der Waals surface area contributed by atoms with Crippen LogP contribution in [0.15, 0.2) is 29.3 Å². The molecule has 1 aromatic carbocycles. The number of nitriles is 1. The highest BCUT2D eigenvalue weighted by atomic mass is 32.2. The van der Waals surface area contributed by atoms with Crippen molar-refractivity contribution in [2.24, 2.45) is 0 Å². The molecular formula is C18H19N3O2S. The number of aryl methyl sites for hydroxylation is 1. The number of amides is 1. The van der Waals surface area contributed by atoms with Crippen LogP contribution in [0.3, 0.4) is 0 Å². The molecule has 1 aliphatic heterocycles. The number of ether oxygens (including phenoxy) is 1. The molecular weight excluding hydrogens is 322 g/mol. The van der Waals surface area contributed by atoms with Gasteiger partial charge < -0.3 is 10.1 Å². The third-order valence-corrected chi connectivity index (χ3v) is 5.02. The average molecular weight is 341 g/mol. The van der Waals surface area contributed by atoms with E-state index in [1.165, 1.54) is 11.8 Å². The molecule has 5 nitrogen and oxygen atoms in total. The molecule has 1 atom stereocenters. The van der Waals surface area contributed by atoms with Gasteiger partial charge in [-0.25, -0.2) is 4.98 Å². The number of fused-ring (bicyclic) bond motifs is 1. The van der Waals surface area contributed by atoms with Gasteiger partial charge in [-0.15, -0.1) is 0 Å². The number of aromatic nitrogens is 1. The Hall–Kier alpha value is -2.10. The molecule has 1 amide bonds. The zero-order chi connectivity index (χ0) is 16.9. The molecule has 1 aliphatic rings. The number of thioether (sulfide) groups is 1. The van der Waals surface area contributed by atoms with Crippen LogP contribution in [0.1, 0.15) is 24.0 Å². The molecule has 0 spiro atoms. The molecule has 0 saturated carbocycles. The lowest BCUT2D eigenvalue weighted by Gasteiger charge is -2.11. The van der Waals surface area contributed by atoms with Gasteiger partial charge in [0.15, 0.2) is 0 Å². The fraction of sp³-hybridized carbons (Fsp3) is 0.389. The number of nitrogens with one attached hydrogen (secondary N) is 1. The van der Waals surface area contributed by atoms with Gasteiger partial charge in [0, 0.05) is 18.5 Å². The third-order valence-electron chi connectivity index (χ3n) is 4.02. The summed E-state index contributed by atoms with van der Waals surface area (Å²) in [4.78, 5) is 16.6. The van der Waals surface area contributed by atoms with Gasteiger partial charge >= 0.3 is 0 Å². The molecule has 1 aromatic heterocycles. The maximum atomic E-state index is 12.0. The van der Waals surface area contributed by atoms with Crippen LogP contribution in [0.4, 0.5) is 0 Å². The van der Waals surface area contributed by atoms with Crippen LogP contribution in [0, 0.1) is 18.3 Å². The first-order chi connectivity index (χ1) is 11.7. The summed E-state index contributed by atoms with van der Waals surface area (Å²) in [6.45, 7) is 3.32. The van der Waals surface area contributed by atoms with Crippen molar-refractivity contribution in [3.05, 3.63) is 35.4 Å². The van der Waals surface area contributed by atoms with Crippen LogP contribution < -0.4 is 5.32 Å². The van der Waals surface area contributed by atoms with Crippen molar-refractivity contribution in [1.82, 2.24) is 10.3 Å². The summed E-state index contributed by atoms with van der Waals surface area (Å²) in [5.74, 6) is 0.178. The Morgan fingerprint density at radius 3 is 3.17 bits per heavy atom. The molecule has 0 radical (unpaired) electrons. The smallest absolute Gasteiger partial charge is 0.230 e. The molecule has 1 fully saturated rings. The Bertz CT molecular complexity index is 795. The van der Waals surface area contributed by atoms with E-state index >= 15 is 0 Å². The number of hydrogen-bond donors (Lipinski definition) is 1. The number of carbonyl (C=O) groups excluding carboxylic acids is 1. The second kappa shape index (κ2) is 7.65. The molecule has 1 saturated heterocycles. The summed E-state index contributed by atoms with van der Waals surface area (Å²) in [5, 5.41) is 13.8. The first-order valence-corrected chi connectivity index (χ1v) is 8.97. The monoisotopic (exact) mass is 341 g/mol. The predicted molar refractivity (Wildman–Crippen MR) is 93.9 cm³/mol. The van der Waals surface area contributed by atoms with Gasteiger partial charge in [0.05, 0.1) is 22.9 Å². The minimum atomic E-state index is -0.0638. The van der Waals surface area contributed by atoms with E-state index in [4.69, 9.17) is 4.74 Å². The third kappa shape index (κ3) is 3.86. The van der Waals surface area contributed by atoms with E-state index in [0.717, 1.165) is 35.9 Å². The first kappa shape index (κ1) is 16.7. The van der Waals surface area contributed by atoms with Gasteiger partial charge in [-0.2, -0.15) is 5.26 Å². The molecule has 6 heteroatoms. The average Bonchev–Trinajstić information content (AvgIpc) is 3.11. The van der Waals surface area contributed by atoms with Crippen LogP contribution in [0.2, 0.25) is 0 Å². The molecule has 3 rings (SSSR count). The van der Waals surface area contributed by atoms with Crippen LogP contribution in [-0.2, 0) is 9.53 Å². The summed E-state index contributed by atoms with van der Waals surface area (Å²) < 4.78 is 5.49. The summed E-state index contributed by atoms with van der Waals surface area (Å²) >= 11 is 1.30. The lowest BCUT2D eigenvalue weighted by molar-refractivity contribution is -0.119. The highest BCUT2D eigenvalue weighted by Crippen LogP contribution is 2.26. The van der Waals surface area contributed by atoms with Gasteiger partial charge in [-0.05, 0) is 31.4 Å². The largest absolute Gasteiger partial charge is 0.376 e. The number of para-hydroxylation sites is 1. The summed E-state index contributed by atoms with van der Waals surface area (Å²) in [6, 6.07) is 9.89. The Morgan fingerprint density at radius 2 is 2.42 bits per heavy atom. The Morgan fingerprint density at radius 1 is 1.54 bits per heavy atom. The van der Waals surface area contributed by atoms with Gasteiger partial charge in [-0.1, -0.05) is 30.0 Å². The fourth-order valence-corrected chi connectivity index (χ4v) is 3.52. The van der Waals surface area contributed by atoms with E-state index in [1.807, 2.05) is 31.2 Å². The highest BCUT2D eigenvalue weighted by Gasteiger charge is 2.16. The van der Waals surface area contributed by atoms with Crippen molar-refractivity contribution in [1.29, 1.82) is 5.26 Å². The van der Waals surface area contributed by atoms with Crippen molar-refractivity contribution in [2.45, 2.75) is 30.9 Å². The van der Waals surface area contributed by atoms with E-state index < -0.39 is 0 Å². The van der Waals surface area contributed by atoms with E-state index in [2.05, 4.69) is 16.4 Å². The number of hydrogen-bond acceptors (Lipinski definition) is 5. The Kier molecular flexibility index (Phi) is 5.34. The number of carbonyl (C=O) groups is 1. The second-order valence-corrected chi connectivity index (χ2v) is 6.79. The normalized spacial score (nSPS) is 16.9. The van der Waals surface area contributed by atoms with Crippen LogP contribution in [0.25, 0.3) is 10.9 Å². The van der Waals surface area contributed by atoms with E-state index in [9.17, 15) is 10.1 Å². The van der Waals surface area contributed by atoms with Gasteiger partial charge in [0.1, 0.15) is 11.1 Å². The summed E-state index contributed by atoms with van der Waals surface area (Å²) in [5.41, 5.74) is 2.44. The number of rotatable bonds is 5. The van der Waals surface area contributed by atoms with E-state index in [0.29, 0.717) is 17.1 Å². The topological polar surface area (TPSA) is 75.0 Å². The lowest BCUT2D eigenvalue weighted by atomic mass is 10.1. The summed E-state index contributed by atoms with van der Waals surface area (Å²) in [7, 11) is 0. The predicted octanol–water partition coefficient (Wildman–Crippen LogP) is 2.80. The van der Waals surface area contributed by atoms with Crippen molar-refractivity contribution in [2.75, 3.05) is 18.9 Å². The van der Waals surface area contributed by atoms with Gasteiger partial charge in [0.25, 0.3) is 0 Å². The molecule has 0 bridgehead atoms. The molecule has 0 aliphatic carbocycles. The van der Waals surface area contributed by atoms with E-state index in [1.54, 1.807) is 0 Å². The minimum absolute atomic E-state index is 0.0638. The Balaban J connectivity index is 1.66. The zero-order valence-electron chi connectivity index (χ0n) is 13.5. The van der Waals surface area contributed by atoms with Crippen LogP contribution in [-0.4, -0.2) is 35.9 Å². The van der Waals surface area contributed by atoms with Crippen molar-refractivity contribution in [3.63, 3.8) is 0 Å². The van der Waals surface area contributed by atoms with Crippen molar-refractivity contribution < 1.29 is 9.53 Å². The maximum Gasteiger partial charge on any atom is 0.230 e. The maximum absolute atomic E-state index is 12.0. The van der Waals surface area contributed by atoms with E-state index in [-0.39, 0.29) is 17.8 Å². The SMILES string of the molecule is Cc1cccc2cc(C#N)c(SCC(=O)NC[C@H]3CCCO3)nc12. The number of nitrogens with zero attached hydrogens (tertiary/aromatic N) is 2. The molecule has 2 heterocycles. The molecule has 2 aromatic rings. The number of pyridine rings is 1. The fourth-order valence-electron chi connectivity index (χ4n) is 2.74. The Labute approximate surface area is 145 Å². The van der Waals surface area contributed by atoms with Crippen molar-refractivity contribution in [3.8, 4) is 6.07 Å². The van der Waals surface area contributed by atoms with Gasteiger partial charge in [0.2, 0.25) is 5.91 Å².